The average molecular weight is 498 g/mol. The van der Waals surface area contributed by atoms with E-state index >= 15 is 0 Å². The van der Waals surface area contributed by atoms with Gasteiger partial charge in [-0.2, -0.15) is 4.39 Å². The second kappa shape index (κ2) is 16.8. The zero-order chi connectivity index (χ0) is 25.4. The minimum absolute atomic E-state index is 0.371. The van der Waals surface area contributed by atoms with Gasteiger partial charge >= 0.3 is 0 Å². The van der Waals surface area contributed by atoms with Gasteiger partial charge in [0, 0.05) is 18.6 Å². The van der Waals surface area contributed by atoms with Crippen LogP contribution in [0.1, 0.15) is 103 Å². The summed E-state index contributed by atoms with van der Waals surface area (Å²) in [6.07, 6.45) is 15.6. The van der Waals surface area contributed by atoms with Gasteiger partial charge in [0.1, 0.15) is 5.75 Å². The number of pyridine rings is 1. The number of rotatable bonds is 17. The quantitative estimate of drug-likeness (QED) is 0.125. The molecule has 0 unspecified atom stereocenters. The van der Waals surface area contributed by atoms with Crippen molar-refractivity contribution < 1.29 is 18.6 Å². The van der Waals surface area contributed by atoms with Gasteiger partial charge in [-0.05, 0) is 42.8 Å². The highest BCUT2D eigenvalue weighted by Gasteiger charge is 2.28. The number of ether oxygens (including phenoxy) is 3. The van der Waals surface area contributed by atoms with Crippen LogP contribution in [0.25, 0.3) is 11.3 Å². The fraction of sp³-hybridized carbons (Fsp3) is 0.633. The summed E-state index contributed by atoms with van der Waals surface area (Å²) in [6, 6.07) is 11.3. The summed E-state index contributed by atoms with van der Waals surface area (Å²) >= 11 is 0. The molecule has 3 rings (SSSR count). The topological polar surface area (TPSA) is 40.6 Å². The summed E-state index contributed by atoms with van der Waals surface area (Å²) in [4.78, 5) is 4.20. The van der Waals surface area contributed by atoms with Gasteiger partial charge < -0.3 is 14.2 Å². The van der Waals surface area contributed by atoms with E-state index in [9.17, 15) is 4.39 Å². The average Bonchev–Trinajstić information content (AvgIpc) is 2.91. The van der Waals surface area contributed by atoms with Crippen molar-refractivity contribution in [3.8, 4) is 17.0 Å². The minimum atomic E-state index is -0.676. The molecule has 2 aromatic rings. The molecule has 0 spiro atoms. The van der Waals surface area contributed by atoms with Crippen molar-refractivity contribution in [1.29, 1.82) is 0 Å². The first-order chi connectivity index (χ1) is 17.7. The third kappa shape index (κ3) is 9.86. The molecule has 1 saturated heterocycles. The predicted molar refractivity (Wildman–Crippen MR) is 147 cm³/mol. The molecule has 0 amide bonds. The van der Waals surface area contributed by atoms with Gasteiger partial charge in [-0.25, -0.2) is 4.98 Å². The molecule has 0 saturated carbocycles. The number of nitrogens with zero attached hydrogens (tertiary/aromatic N) is 1. The molecule has 1 aliphatic heterocycles. The van der Waals surface area contributed by atoms with E-state index in [1.54, 1.807) is 6.07 Å². The highest BCUT2D eigenvalue weighted by molar-refractivity contribution is 6.58. The largest absolute Gasteiger partial charge is 0.494 e. The first-order valence-corrected chi connectivity index (χ1v) is 14.3. The van der Waals surface area contributed by atoms with Crippen molar-refractivity contribution in [3.63, 3.8) is 0 Å². The molecule has 0 atom stereocenters. The zero-order valence-corrected chi connectivity index (χ0v) is 22.5. The molecule has 1 aliphatic rings. The Morgan fingerprint density at radius 2 is 1.42 bits per heavy atom. The van der Waals surface area contributed by atoms with Crippen LogP contribution in [-0.2, 0) is 9.47 Å². The molecule has 0 radical (unpaired) electrons. The lowest BCUT2D eigenvalue weighted by atomic mass is 9.48. The van der Waals surface area contributed by atoms with Crippen LogP contribution in [0.4, 0.5) is 4.39 Å². The number of halogens is 1. The maximum atomic E-state index is 14.9. The Hall–Kier alpha value is -1.92. The van der Waals surface area contributed by atoms with E-state index in [2.05, 4.69) is 18.8 Å². The number of benzene rings is 1. The van der Waals surface area contributed by atoms with Crippen molar-refractivity contribution >= 4 is 6.71 Å². The lowest BCUT2D eigenvalue weighted by Gasteiger charge is -2.28. The highest BCUT2D eigenvalue weighted by Crippen LogP contribution is 2.28. The molecule has 1 aromatic carbocycles. The Morgan fingerprint density at radius 3 is 2.06 bits per heavy atom. The van der Waals surface area contributed by atoms with E-state index in [4.69, 9.17) is 14.2 Å². The van der Waals surface area contributed by atoms with E-state index in [1.807, 2.05) is 30.3 Å². The smallest absolute Gasteiger partial charge is 0.221 e. The van der Waals surface area contributed by atoms with Crippen molar-refractivity contribution in [1.82, 2.24) is 4.98 Å². The molecule has 1 aromatic heterocycles. The molecule has 0 N–H and O–H groups in total. The normalized spacial score (nSPS) is 14.4. The summed E-state index contributed by atoms with van der Waals surface area (Å²) in [7, 11) is 0. The Balaban J connectivity index is 1.40. The lowest BCUT2D eigenvalue weighted by molar-refractivity contribution is -0.141. The van der Waals surface area contributed by atoms with E-state index < -0.39 is 12.2 Å². The van der Waals surface area contributed by atoms with Crippen LogP contribution in [0.3, 0.4) is 0 Å². The fourth-order valence-electron chi connectivity index (χ4n) is 4.68. The highest BCUT2D eigenvalue weighted by atomic mass is 19.1. The Bertz CT molecular complexity index is 856. The summed E-state index contributed by atoms with van der Waals surface area (Å²) in [6.45, 7) is 6.82. The number of aromatic nitrogens is 1. The van der Waals surface area contributed by atoms with Gasteiger partial charge in [0.15, 0.2) is 6.29 Å². The Morgan fingerprint density at radius 1 is 0.806 bits per heavy atom. The van der Waals surface area contributed by atoms with Gasteiger partial charge in [-0.1, -0.05) is 90.8 Å². The molecule has 2 heterocycles. The van der Waals surface area contributed by atoms with Crippen molar-refractivity contribution in [2.24, 2.45) is 0 Å². The van der Waals surface area contributed by atoms with E-state index in [-0.39, 0.29) is 0 Å². The molecule has 0 aliphatic carbocycles. The van der Waals surface area contributed by atoms with E-state index in [0.29, 0.717) is 31.0 Å². The lowest BCUT2D eigenvalue weighted by Crippen LogP contribution is -2.35. The van der Waals surface area contributed by atoms with E-state index in [0.717, 1.165) is 30.7 Å². The predicted octanol–water partition coefficient (Wildman–Crippen LogP) is 8.61. The molecular weight excluding hydrogens is 452 g/mol. The van der Waals surface area contributed by atoms with Gasteiger partial charge in [-0.3, -0.25) is 0 Å². The summed E-state index contributed by atoms with van der Waals surface area (Å²) < 4.78 is 32.5. The molecule has 36 heavy (non-hydrogen) atoms. The van der Waals surface area contributed by atoms with Gasteiger partial charge in [0.25, 0.3) is 0 Å². The SMILES string of the molecule is CCCCCCCCOc1ccc(-c2ccc(C3OCB(CCCCCCCC)CO3)c(F)n2)cc1. The van der Waals surface area contributed by atoms with Crippen LogP contribution in [0, 0.1) is 5.95 Å². The molecule has 6 heteroatoms. The maximum absolute atomic E-state index is 14.9. The third-order valence-electron chi connectivity index (χ3n) is 6.98. The zero-order valence-electron chi connectivity index (χ0n) is 22.5. The van der Waals surface area contributed by atoms with Crippen molar-refractivity contribution in [2.45, 2.75) is 104 Å². The van der Waals surface area contributed by atoms with Gasteiger partial charge in [-0.15, -0.1) is 0 Å². The summed E-state index contributed by atoms with van der Waals surface area (Å²) in [5.41, 5.74) is 1.82. The van der Waals surface area contributed by atoms with Crippen LogP contribution in [0.5, 0.6) is 5.75 Å². The van der Waals surface area contributed by atoms with Crippen LogP contribution >= 0.6 is 0 Å². The van der Waals surface area contributed by atoms with Crippen molar-refractivity contribution in [2.75, 3.05) is 19.6 Å². The Kier molecular flexibility index (Phi) is 13.3. The van der Waals surface area contributed by atoms with E-state index in [1.165, 1.54) is 70.6 Å². The van der Waals surface area contributed by atoms with Crippen LogP contribution in [0.15, 0.2) is 36.4 Å². The fourth-order valence-corrected chi connectivity index (χ4v) is 4.68. The van der Waals surface area contributed by atoms with Gasteiger partial charge in [0.05, 0.1) is 17.9 Å². The number of unbranched alkanes of at least 4 members (excludes halogenated alkanes) is 10. The maximum Gasteiger partial charge on any atom is 0.221 e. The van der Waals surface area contributed by atoms with Gasteiger partial charge in [0.2, 0.25) is 12.7 Å². The molecule has 1 fully saturated rings. The second-order valence-electron chi connectivity index (χ2n) is 10.1. The monoisotopic (exact) mass is 497 g/mol. The number of hydrogen-bond donors (Lipinski definition) is 0. The molecular formula is C30H45BFNO3. The summed E-state index contributed by atoms with van der Waals surface area (Å²) in [5, 5.41) is 0. The summed E-state index contributed by atoms with van der Waals surface area (Å²) in [5.74, 6) is 0.305. The van der Waals surface area contributed by atoms with Crippen LogP contribution in [0.2, 0.25) is 6.32 Å². The molecule has 0 bridgehead atoms. The second-order valence-corrected chi connectivity index (χ2v) is 10.1. The first kappa shape index (κ1) is 28.7. The third-order valence-corrected chi connectivity index (χ3v) is 6.98. The molecule has 4 nitrogen and oxygen atoms in total. The minimum Gasteiger partial charge on any atom is -0.494 e. The first-order valence-electron chi connectivity index (χ1n) is 14.3. The molecule has 198 valence electrons. The standard InChI is InChI=1S/C30H45BFNO3/c1-3-5-7-9-11-13-21-31-23-35-30(36-24-31)27-19-20-28(33-29(27)32)25-15-17-26(18-16-25)34-22-14-12-10-8-6-4-2/h15-20,30H,3-14,21-24H2,1-2H3. The number of hydrogen-bond acceptors (Lipinski definition) is 4. The van der Waals surface area contributed by atoms with Crippen LogP contribution < -0.4 is 4.74 Å². The van der Waals surface area contributed by atoms with Crippen molar-refractivity contribution in [3.05, 3.63) is 47.9 Å². The Labute approximate surface area is 218 Å². The van der Waals surface area contributed by atoms with Crippen LogP contribution in [-0.4, -0.2) is 31.3 Å².